The number of rotatable bonds is 1. The molecule has 4 heteroatoms. The lowest BCUT2D eigenvalue weighted by Gasteiger charge is -2.03. The third kappa shape index (κ3) is 1.16. The maximum Gasteiger partial charge on any atom is 0.248 e. The van der Waals surface area contributed by atoms with E-state index >= 15 is 0 Å². The SMILES string of the molecule is NC(=O)c1ccc2c(c1)ncc1cccn12. The lowest BCUT2D eigenvalue weighted by atomic mass is 10.2. The fourth-order valence-corrected chi connectivity index (χ4v) is 1.84. The Morgan fingerprint density at radius 1 is 1.31 bits per heavy atom. The van der Waals surface area contributed by atoms with Gasteiger partial charge in [-0.25, -0.2) is 0 Å². The zero-order valence-electron chi connectivity index (χ0n) is 8.42. The van der Waals surface area contributed by atoms with Gasteiger partial charge in [-0.2, -0.15) is 0 Å². The second-order valence-corrected chi connectivity index (χ2v) is 3.63. The van der Waals surface area contributed by atoms with Gasteiger partial charge >= 0.3 is 0 Å². The van der Waals surface area contributed by atoms with Crippen molar-refractivity contribution in [2.75, 3.05) is 0 Å². The first-order valence-corrected chi connectivity index (χ1v) is 4.91. The minimum absolute atomic E-state index is 0.434. The first-order chi connectivity index (χ1) is 7.75. The van der Waals surface area contributed by atoms with Crippen molar-refractivity contribution >= 4 is 22.5 Å². The van der Waals surface area contributed by atoms with Gasteiger partial charge in [0.05, 0.1) is 22.7 Å². The molecular formula is C12H9N3O. The van der Waals surface area contributed by atoms with Crippen LogP contribution in [0.5, 0.6) is 0 Å². The molecule has 0 aliphatic rings. The third-order valence-electron chi connectivity index (χ3n) is 2.64. The fourth-order valence-electron chi connectivity index (χ4n) is 1.84. The van der Waals surface area contributed by atoms with Gasteiger partial charge in [-0.3, -0.25) is 9.78 Å². The molecule has 3 rings (SSSR count). The summed E-state index contributed by atoms with van der Waals surface area (Å²) in [7, 11) is 0. The minimum Gasteiger partial charge on any atom is -0.366 e. The number of hydrogen-bond acceptors (Lipinski definition) is 2. The Hall–Kier alpha value is -2.36. The van der Waals surface area contributed by atoms with Gasteiger partial charge in [-0.05, 0) is 30.3 Å². The molecule has 2 N–H and O–H groups in total. The van der Waals surface area contributed by atoms with Gasteiger partial charge in [0.2, 0.25) is 5.91 Å². The predicted octanol–water partition coefficient (Wildman–Crippen LogP) is 1.59. The molecule has 0 unspecified atom stereocenters. The first-order valence-electron chi connectivity index (χ1n) is 4.91. The Balaban J connectivity index is 2.41. The van der Waals surface area contributed by atoms with Crippen LogP contribution in [0.3, 0.4) is 0 Å². The molecule has 0 saturated heterocycles. The summed E-state index contributed by atoms with van der Waals surface area (Å²) in [5, 5.41) is 0. The summed E-state index contributed by atoms with van der Waals surface area (Å²) in [6.07, 6.45) is 3.73. The quantitative estimate of drug-likeness (QED) is 0.664. The Morgan fingerprint density at radius 3 is 3.00 bits per heavy atom. The number of aromatic nitrogens is 2. The van der Waals surface area contributed by atoms with Gasteiger partial charge in [-0.1, -0.05) is 0 Å². The van der Waals surface area contributed by atoms with Crippen molar-refractivity contribution < 1.29 is 4.79 Å². The lowest BCUT2D eigenvalue weighted by molar-refractivity contribution is 0.100. The van der Waals surface area contributed by atoms with Crippen molar-refractivity contribution in [3.05, 3.63) is 48.3 Å². The summed E-state index contributed by atoms with van der Waals surface area (Å²) in [5.74, 6) is -0.434. The van der Waals surface area contributed by atoms with Crippen LogP contribution in [-0.4, -0.2) is 15.3 Å². The van der Waals surface area contributed by atoms with E-state index in [4.69, 9.17) is 5.73 Å². The Kier molecular flexibility index (Phi) is 1.71. The van der Waals surface area contributed by atoms with Crippen LogP contribution in [0.25, 0.3) is 16.6 Å². The van der Waals surface area contributed by atoms with Crippen LogP contribution >= 0.6 is 0 Å². The molecule has 78 valence electrons. The van der Waals surface area contributed by atoms with Gasteiger partial charge in [0.25, 0.3) is 0 Å². The van der Waals surface area contributed by atoms with E-state index in [1.54, 1.807) is 18.3 Å². The van der Waals surface area contributed by atoms with Crippen LogP contribution < -0.4 is 5.73 Å². The summed E-state index contributed by atoms with van der Waals surface area (Å²) < 4.78 is 2.02. The maximum absolute atomic E-state index is 11.0. The van der Waals surface area contributed by atoms with Crippen LogP contribution in [-0.2, 0) is 0 Å². The number of nitrogens with zero attached hydrogens (tertiary/aromatic N) is 2. The van der Waals surface area contributed by atoms with Crippen LogP contribution in [0.2, 0.25) is 0 Å². The van der Waals surface area contributed by atoms with Crippen molar-refractivity contribution in [1.29, 1.82) is 0 Å². The highest BCUT2D eigenvalue weighted by Gasteiger charge is 2.04. The van der Waals surface area contributed by atoms with Crippen LogP contribution in [0.4, 0.5) is 0 Å². The molecule has 0 saturated carbocycles. The zero-order valence-corrected chi connectivity index (χ0v) is 8.42. The molecule has 4 nitrogen and oxygen atoms in total. The van der Waals surface area contributed by atoms with E-state index in [1.807, 2.05) is 28.8 Å². The van der Waals surface area contributed by atoms with Crippen molar-refractivity contribution in [3.8, 4) is 0 Å². The van der Waals surface area contributed by atoms with Crippen molar-refractivity contribution in [2.24, 2.45) is 5.73 Å². The van der Waals surface area contributed by atoms with E-state index in [2.05, 4.69) is 4.98 Å². The molecule has 1 aromatic carbocycles. The van der Waals surface area contributed by atoms with Gasteiger partial charge < -0.3 is 10.1 Å². The van der Waals surface area contributed by atoms with Crippen molar-refractivity contribution in [2.45, 2.75) is 0 Å². The second kappa shape index (κ2) is 3.06. The van der Waals surface area contributed by atoms with Crippen molar-refractivity contribution in [1.82, 2.24) is 9.38 Å². The minimum atomic E-state index is -0.434. The molecule has 2 heterocycles. The number of nitrogens with two attached hydrogens (primary N) is 1. The number of primary amides is 1. The van der Waals surface area contributed by atoms with E-state index in [9.17, 15) is 4.79 Å². The van der Waals surface area contributed by atoms with E-state index in [0.29, 0.717) is 5.56 Å². The van der Waals surface area contributed by atoms with E-state index in [1.165, 1.54) is 0 Å². The molecule has 2 aromatic heterocycles. The number of carbonyl (C=O) groups excluding carboxylic acids is 1. The standard InChI is InChI=1S/C12H9N3O/c13-12(16)8-3-4-11-10(6-8)14-7-9-2-1-5-15(9)11/h1-7H,(H2,13,16). The zero-order chi connectivity index (χ0) is 11.1. The molecule has 1 amide bonds. The molecule has 0 atom stereocenters. The average molecular weight is 211 g/mol. The summed E-state index contributed by atoms with van der Waals surface area (Å²) in [4.78, 5) is 15.3. The molecule has 0 spiro atoms. The summed E-state index contributed by atoms with van der Waals surface area (Å²) in [5.41, 5.74) is 8.46. The highest BCUT2D eigenvalue weighted by molar-refractivity contribution is 5.96. The molecule has 0 aliphatic heterocycles. The second-order valence-electron chi connectivity index (χ2n) is 3.63. The Labute approximate surface area is 91.3 Å². The third-order valence-corrected chi connectivity index (χ3v) is 2.64. The largest absolute Gasteiger partial charge is 0.366 e. The van der Waals surface area contributed by atoms with Crippen LogP contribution in [0.15, 0.2) is 42.7 Å². The fraction of sp³-hybridized carbons (Fsp3) is 0. The molecule has 0 fully saturated rings. The predicted molar refractivity (Wildman–Crippen MR) is 61.2 cm³/mol. The smallest absolute Gasteiger partial charge is 0.248 e. The van der Waals surface area contributed by atoms with E-state index < -0.39 is 5.91 Å². The summed E-state index contributed by atoms with van der Waals surface area (Å²) in [6, 6.07) is 9.21. The molecule has 16 heavy (non-hydrogen) atoms. The molecular weight excluding hydrogens is 202 g/mol. The van der Waals surface area contributed by atoms with E-state index in [0.717, 1.165) is 16.6 Å². The summed E-state index contributed by atoms with van der Waals surface area (Å²) >= 11 is 0. The molecule has 3 aromatic rings. The Bertz CT molecular complexity index is 700. The van der Waals surface area contributed by atoms with Gasteiger partial charge in [-0.15, -0.1) is 0 Å². The monoisotopic (exact) mass is 211 g/mol. The topological polar surface area (TPSA) is 60.4 Å². The normalized spacial score (nSPS) is 11.0. The number of amides is 1. The molecule has 0 bridgehead atoms. The maximum atomic E-state index is 11.0. The van der Waals surface area contributed by atoms with Gasteiger partial charge in [0.15, 0.2) is 0 Å². The summed E-state index contributed by atoms with van der Waals surface area (Å²) in [6.45, 7) is 0. The van der Waals surface area contributed by atoms with Crippen molar-refractivity contribution in [3.63, 3.8) is 0 Å². The van der Waals surface area contributed by atoms with E-state index in [-0.39, 0.29) is 0 Å². The molecule has 0 aliphatic carbocycles. The first kappa shape index (κ1) is 8.91. The van der Waals surface area contributed by atoms with Gasteiger partial charge in [0, 0.05) is 11.8 Å². The number of benzene rings is 1. The number of fused-ring (bicyclic) bond motifs is 3. The number of hydrogen-bond donors (Lipinski definition) is 1. The number of carbonyl (C=O) groups is 1. The Morgan fingerprint density at radius 2 is 2.19 bits per heavy atom. The average Bonchev–Trinajstić information content (AvgIpc) is 2.76. The lowest BCUT2D eigenvalue weighted by Crippen LogP contribution is -2.10. The highest BCUT2D eigenvalue weighted by atomic mass is 16.1. The van der Waals surface area contributed by atoms with Crippen LogP contribution in [0, 0.1) is 0 Å². The van der Waals surface area contributed by atoms with Gasteiger partial charge in [0.1, 0.15) is 0 Å². The van der Waals surface area contributed by atoms with Crippen LogP contribution in [0.1, 0.15) is 10.4 Å². The highest BCUT2D eigenvalue weighted by Crippen LogP contribution is 2.16. The molecule has 0 radical (unpaired) electrons.